The predicted octanol–water partition coefficient (Wildman–Crippen LogP) is 1.52. The minimum absolute atomic E-state index is 0.821. The third kappa shape index (κ3) is 2.45. The number of hydrogen-bond donors (Lipinski definition) is 1. The smallest absolute Gasteiger partial charge is 0.0519 e. The summed E-state index contributed by atoms with van der Waals surface area (Å²) in [4.78, 5) is 3.98. The Bertz CT molecular complexity index is 176. The van der Waals surface area contributed by atoms with E-state index in [2.05, 4.69) is 26.2 Å². The third-order valence-corrected chi connectivity index (χ3v) is 1.54. The molecule has 0 unspecified atom stereocenters. The van der Waals surface area contributed by atoms with Crippen molar-refractivity contribution in [3.63, 3.8) is 0 Å². The van der Waals surface area contributed by atoms with E-state index in [-0.39, 0.29) is 0 Å². The standard InChI is InChI=1S/C7H9BrN2/c8-6-10-5-7-2-1-3-9-4-7/h1-4,10H,5-6H2. The van der Waals surface area contributed by atoms with Gasteiger partial charge in [-0.2, -0.15) is 0 Å². The Morgan fingerprint density at radius 2 is 2.50 bits per heavy atom. The van der Waals surface area contributed by atoms with Crippen LogP contribution in [0.1, 0.15) is 5.56 Å². The summed E-state index contributed by atoms with van der Waals surface area (Å²) in [5.74, 6) is 0. The van der Waals surface area contributed by atoms with Gasteiger partial charge in [-0.3, -0.25) is 4.98 Å². The van der Waals surface area contributed by atoms with Crippen LogP contribution in [0.15, 0.2) is 24.5 Å². The van der Waals surface area contributed by atoms with Crippen LogP contribution >= 0.6 is 15.9 Å². The van der Waals surface area contributed by atoms with E-state index in [0.717, 1.165) is 12.0 Å². The maximum atomic E-state index is 3.98. The number of aromatic nitrogens is 1. The molecule has 1 rings (SSSR count). The van der Waals surface area contributed by atoms with E-state index in [1.54, 1.807) is 6.20 Å². The van der Waals surface area contributed by atoms with E-state index in [1.165, 1.54) is 5.56 Å². The zero-order valence-electron chi connectivity index (χ0n) is 5.55. The summed E-state index contributed by atoms with van der Waals surface area (Å²) in [5, 5.41) is 3.14. The molecule has 0 bridgehead atoms. The van der Waals surface area contributed by atoms with Crippen LogP contribution in [0.4, 0.5) is 0 Å². The van der Waals surface area contributed by atoms with E-state index in [1.807, 2.05) is 18.3 Å². The van der Waals surface area contributed by atoms with Gasteiger partial charge in [-0.1, -0.05) is 22.0 Å². The summed E-state index contributed by atoms with van der Waals surface area (Å²) in [6.07, 6.45) is 3.63. The predicted molar refractivity (Wildman–Crippen MR) is 44.9 cm³/mol. The Morgan fingerprint density at radius 1 is 1.60 bits per heavy atom. The van der Waals surface area contributed by atoms with Gasteiger partial charge in [0.2, 0.25) is 0 Å². The van der Waals surface area contributed by atoms with Crippen molar-refractivity contribution in [2.24, 2.45) is 0 Å². The maximum absolute atomic E-state index is 3.98. The molecule has 1 aromatic rings. The summed E-state index contributed by atoms with van der Waals surface area (Å²) in [5.41, 5.74) is 2.03. The average molecular weight is 201 g/mol. The first-order valence-corrected chi connectivity index (χ1v) is 4.21. The van der Waals surface area contributed by atoms with Crippen molar-refractivity contribution in [2.45, 2.75) is 6.54 Å². The first-order valence-electron chi connectivity index (χ1n) is 3.09. The van der Waals surface area contributed by atoms with Crippen LogP contribution in [-0.4, -0.2) is 10.4 Å². The molecule has 0 saturated heterocycles. The average Bonchev–Trinajstić information content (AvgIpc) is 2.03. The Kier molecular flexibility index (Phi) is 3.40. The highest BCUT2D eigenvalue weighted by molar-refractivity contribution is 9.09. The van der Waals surface area contributed by atoms with E-state index in [4.69, 9.17) is 0 Å². The Morgan fingerprint density at radius 3 is 3.10 bits per heavy atom. The summed E-state index contributed by atoms with van der Waals surface area (Å²) in [6, 6.07) is 3.98. The minimum atomic E-state index is 0.821. The topological polar surface area (TPSA) is 24.9 Å². The van der Waals surface area contributed by atoms with Crippen molar-refractivity contribution in [3.05, 3.63) is 30.1 Å². The molecule has 0 aliphatic carbocycles. The van der Waals surface area contributed by atoms with Gasteiger partial charge in [0.1, 0.15) is 0 Å². The first kappa shape index (κ1) is 7.69. The van der Waals surface area contributed by atoms with Gasteiger partial charge < -0.3 is 5.32 Å². The van der Waals surface area contributed by atoms with Crippen LogP contribution in [0.2, 0.25) is 0 Å². The van der Waals surface area contributed by atoms with Gasteiger partial charge in [0, 0.05) is 18.9 Å². The van der Waals surface area contributed by atoms with Crippen molar-refractivity contribution in [1.29, 1.82) is 0 Å². The van der Waals surface area contributed by atoms with Crippen LogP contribution in [0.25, 0.3) is 0 Å². The summed E-state index contributed by atoms with van der Waals surface area (Å²) < 4.78 is 0. The second-order valence-electron chi connectivity index (χ2n) is 1.92. The quantitative estimate of drug-likeness (QED) is 0.592. The molecule has 0 saturated carbocycles. The highest BCUT2D eigenvalue weighted by Gasteiger charge is 1.87. The molecular weight excluding hydrogens is 192 g/mol. The third-order valence-electron chi connectivity index (χ3n) is 1.15. The monoisotopic (exact) mass is 200 g/mol. The van der Waals surface area contributed by atoms with Gasteiger partial charge in [-0.05, 0) is 11.6 Å². The van der Waals surface area contributed by atoms with Crippen molar-refractivity contribution in [2.75, 3.05) is 5.45 Å². The second kappa shape index (κ2) is 4.41. The van der Waals surface area contributed by atoms with E-state index >= 15 is 0 Å². The molecule has 10 heavy (non-hydrogen) atoms. The number of hydrogen-bond acceptors (Lipinski definition) is 2. The molecule has 1 N–H and O–H groups in total. The lowest BCUT2D eigenvalue weighted by Crippen LogP contribution is -2.09. The van der Waals surface area contributed by atoms with Gasteiger partial charge >= 0.3 is 0 Å². The van der Waals surface area contributed by atoms with Crippen molar-refractivity contribution >= 4 is 15.9 Å². The Labute approximate surface area is 68.8 Å². The molecule has 0 aromatic carbocycles. The molecule has 0 atom stereocenters. The van der Waals surface area contributed by atoms with Crippen LogP contribution in [0.3, 0.4) is 0 Å². The van der Waals surface area contributed by atoms with Crippen molar-refractivity contribution in [1.82, 2.24) is 10.3 Å². The molecule has 0 aliphatic rings. The summed E-state index contributed by atoms with van der Waals surface area (Å²) in [7, 11) is 0. The molecule has 0 spiro atoms. The minimum Gasteiger partial charge on any atom is -0.303 e. The molecule has 0 fully saturated rings. The lowest BCUT2D eigenvalue weighted by molar-refractivity contribution is 0.798. The molecule has 1 heterocycles. The molecular formula is C7H9BrN2. The van der Waals surface area contributed by atoms with Gasteiger partial charge in [-0.25, -0.2) is 0 Å². The molecule has 3 heteroatoms. The largest absolute Gasteiger partial charge is 0.303 e. The van der Waals surface area contributed by atoms with Crippen LogP contribution in [0, 0.1) is 0 Å². The fraction of sp³-hybridized carbons (Fsp3) is 0.286. The van der Waals surface area contributed by atoms with Gasteiger partial charge in [-0.15, -0.1) is 0 Å². The summed E-state index contributed by atoms with van der Waals surface area (Å²) >= 11 is 3.28. The first-order chi connectivity index (χ1) is 4.93. The van der Waals surface area contributed by atoms with E-state index in [0.29, 0.717) is 0 Å². The zero-order valence-corrected chi connectivity index (χ0v) is 7.13. The second-order valence-corrected chi connectivity index (χ2v) is 2.48. The van der Waals surface area contributed by atoms with E-state index < -0.39 is 0 Å². The van der Waals surface area contributed by atoms with Crippen LogP contribution in [-0.2, 0) is 6.54 Å². The number of rotatable bonds is 3. The fourth-order valence-electron chi connectivity index (χ4n) is 0.694. The molecule has 0 aliphatic heterocycles. The molecule has 1 aromatic heterocycles. The van der Waals surface area contributed by atoms with Gasteiger partial charge in [0.25, 0.3) is 0 Å². The zero-order chi connectivity index (χ0) is 7.23. The number of alkyl halides is 1. The highest BCUT2D eigenvalue weighted by Crippen LogP contribution is 1.93. The highest BCUT2D eigenvalue weighted by atomic mass is 79.9. The Hall–Kier alpha value is -0.410. The number of halogens is 1. The van der Waals surface area contributed by atoms with Gasteiger partial charge in [0.15, 0.2) is 0 Å². The lowest BCUT2D eigenvalue weighted by Gasteiger charge is -1.97. The normalized spacial score (nSPS) is 9.70. The van der Waals surface area contributed by atoms with Crippen molar-refractivity contribution < 1.29 is 0 Å². The van der Waals surface area contributed by atoms with E-state index in [9.17, 15) is 0 Å². The lowest BCUT2D eigenvalue weighted by atomic mass is 10.3. The van der Waals surface area contributed by atoms with Crippen molar-refractivity contribution in [3.8, 4) is 0 Å². The number of nitrogens with one attached hydrogen (secondary N) is 1. The Balaban J connectivity index is 2.43. The SMILES string of the molecule is BrCNCc1cccnc1. The maximum Gasteiger partial charge on any atom is 0.0519 e. The van der Waals surface area contributed by atoms with Gasteiger partial charge in [0.05, 0.1) is 5.45 Å². The molecule has 2 nitrogen and oxygen atoms in total. The molecule has 0 radical (unpaired) electrons. The number of pyridine rings is 1. The van der Waals surface area contributed by atoms with Crippen LogP contribution < -0.4 is 5.32 Å². The summed E-state index contributed by atoms with van der Waals surface area (Å²) in [6.45, 7) is 0.874. The molecule has 0 amide bonds. The fourth-order valence-corrected chi connectivity index (χ4v) is 0.893. The van der Waals surface area contributed by atoms with Crippen LogP contribution in [0.5, 0.6) is 0 Å². The molecule has 54 valence electrons. The number of nitrogens with zero attached hydrogens (tertiary/aromatic N) is 1.